The predicted octanol–water partition coefficient (Wildman–Crippen LogP) is 5.33. The fourth-order valence-electron chi connectivity index (χ4n) is 3.37. The maximum atomic E-state index is 13.4. The van der Waals surface area contributed by atoms with E-state index in [-0.39, 0.29) is 11.7 Å². The van der Waals surface area contributed by atoms with Crippen LogP contribution in [-0.4, -0.2) is 27.4 Å². The van der Waals surface area contributed by atoms with Crippen LogP contribution in [0.5, 0.6) is 5.75 Å². The highest BCUT2D eigenvalue weighted by Gasteiger charge is 2.24. The summed E-state index contributed by atoms with van der Waals surface area (Å²) in [6.45, 7) is 3.60. The average Bonchev–Trinajstić information content (AvgIpc) is 3.38. The van der Waals surface area contributed by atoms with Crippen molar-refractivity contribution in [1.29, 1.82) is 0 Å². The van der Waals surface area contributed by atoms with Crippen LogP contribution in [0.3, 0.4) is 0 Å². The lowest BCUT2D eigenvalue weighted by atomic mass is 10.1. The number of carbonyl (C=O) groups excluding carboxylic acids is 1. The zero-order valence-corrected chi connectivity index (χ0v) is 17.9. The molecule has 2 aromatic heterocycles. The summed E-state index contributed by atoms with van der Waals surface area (Å²) in [7, 11) is 1.51. The van der Waals surface area contributed by atoms with Gasteiger partial charge >= 0.3 is 0 Å². The summed E-state index contributed by atoms with van der Waals surface area (Å²) in [5.41, 5.74) is 2.85. The van der Waals surface area contributed by atoms with Crippen LogP contribution in [-0.2, 0) is 0 Å². The van der Waals surface area contributed by atoms with Crippen LogP contribution < -0.4 is 10.1 Å². The van der Waals surface area contributed by atoms with Gasteiger partial charge in [-0.2, -0.15) is 5.10 Å². The fourth-order valence-corrected chi connectivity index (χ4v) is 3.53. The van der Waals surface area contributed by atoms with E-state index in [1.807, 2.05) is 31.5 Å². The largest absolute Gasteiger partial charge is 0.495 e. The Morgan fingerprint density at radius 1 is 1.13 bits per heavy atom. The molecule has 0 fully saturated rings. The third-order valence-electron chi connectivity index (χ3n) is 4.91. The van der Waals surface area contributed by atoms with Gasteiger partial charge in [0.05, 0.1) is 24.2 Å². The van der Waals surface area contributed by atoms with E-state index in [1.54, 1.807) is 40.4 Å². The first kappa shape index (κ1) is 20.7. The number of anilines is 1. The average molecular weight is 439 g/mol. The molecule has 1 amide bonds. The molecule has 0 saturated heterocycles. The molecule has 0 unspecified atom stereocenters. The second kappa shape index (κ2) is 8.28. The monoisotopic (exact) mass is 438 g/mol. The molecule has 6 nitrogen and oxygen atoms in total. The van der Waals surface area contributed by atoms with Gasteiger partial charge in [-0.25, -0.2) is 9.07 Å². The summed E-state index contributed by atoms with van der Waals surface area (Å²) in [6, 6.07) is 13.1. The predicted molar refractivity (Wildman–Crippen MR) is 118 cm³/mol. The van der Waals surface area contributed by atoms with Crippen molar-refractivity contribution in [3.63, 3.8) is 0 Å². The Bertz CT molecular complexity index is 1250. The molecule has 4 rings (SSSR count). The van der Waals surface area contributed by atoms with Crippen LogP contribution in [0.4, 0.5) is 10.1 Å². The van der Waals surface area contributed by atoms with Crippen LogP contribution in [0.25, 0.3) is 11.5 Å². The highest BCUT2D eigenvalue weighted by atomic mass is 35.5. The highest BCUT2D eigenvalue weighted by molar-refractivity contribution is 6.31. The molecular weight excluding hydrogens is 419 g/mol. The lowest BCUT2D eigenvalue weighted by Crippen LogP contribution is -2.16. The number of ether oxygens (including phenoxy) is 1. The smallest absolute Gasteiger partial charge is 0.261 e. The molecule has 0 aliphatic heterocycles. The zero-order chi connectivity index (χ0) is 22.1. The number of rotatable bonds is 5. The Morgan fingerprint density at radius 3 is 2.45 bits per heavy atom. The first-order chi connectivity index (χ1) is 14.9. The molecule has 2 heterocycles. The van der Waals surface area contributed by atoms with Crippen molar-refractivity contribution < 1.29 is 13.9 Å². The standard InChI is InChI=1S/C23H20ClFN4O2/c1-14-12-19(20(31-3)13-18(14)24)26-22(30)21-15(2)27-29(17-8-6-16(25)7-9-17)23(21)28-10-4-5-11-28/h4-13H,1-3H3,(H,26,30). The van der Waals surface area contributed by atoms with Crippen LogP contribution in [0.2, 0.25) is 5.02 Å². The number of aromatic nitrogens is 3. The summed E-state index contributed by atoms with van der Waals surface area (Å²) >= 11 is 6.18. The van der Waals surface area contributed by atoms with Crippen molar-refractivity contribution in [3.05, 3.63) is 88.6 Å². The maximum Gasteiger partial charge on any atom is 0.261 e. The Labute approximate surface area is 183 Å². The third-order valence-corrected chi connectivity index (χ3v) is 5.32. The molecular formula is C23H20ClFN4O2. The van der Waals surface area contributed by atoms with Crippen molar-refractivity contribution in [2.24, 2.45) is 0 Å². The van der Waals surface area contributed by atoms with E-state index in [4.69, 9.17) is 16.3 Å². The molecule has 0 saturated carbocycles. The zero-order valence-electron chi connectivity index (χ0n) is 17.2. The molecule has 0 aliphatic rings. The number of nitrogens with one attached hydrogen (secondary N) is 1. The van der Waals surface area contributed by atoms with Crippen LogP contribution in [0.1, 0.15) is 21.6 Å². The van der Waals surface area contributed by atoms with Crippen molar-refractivity contribution >= 4 is 23.2 Å². The molecule has 1 N–H and O–H groups in total. The molecule has 0 spiro atoms. The molecule has 2 aromatic carbocycles. The summed E-state index contributed by atoms with van der Waals surface area (Å²) < 4.78 is 22.2. The van der Waals surface area contributed by atoms with Gasteiger partial charge in [0, 0.05) is 23.5 Å². The lowest BCUT2D eigenvalue weighted by molar-refractivity contribution is 0.102. The Hall–Kier alpha value is -3.58. The van der Waals surface area contributed by atoms with Crippen molar-refractivity contribution in [3.8, 4) is 17.3 Å². The summed E-state index contributed by atoms with van der Waals surface area (Å²) in [5, 5.41) is 8.02. The highest BCUT2D eigenvalue weighted by Crippen LogP contribution is 2.32. The Kier molecular flexibility index (Phi) is 5.52. The molecule has 0 aliphatic carbocycles. The van der Waals surface area contributed by atoms with Gasteiger partial charge in [0.15, 0.2) is 5.82 Å². The van der Waals surface area contributed by atoms with Crippen LogP contribution in [0, 0.1) is 19.7 Å². The fraction of sp³-hybridized carbons (Fsp3) is 0.130. The third kappa shape index (κ3) is 3.92. The number of hydrogen-bond acceptors (Lipinski definition) is 3. The van der Waals surface area contributed by atoms with Gasteiger partial charge in [-0.15, -0.1) is 0 Å². The Balaban J connectivity index is 1.83. The van der Waals surface area contributed by atoms with Crippen molar-refractivity contribution in [2.45, 2.75) is 13.8 Å². The minimum Gasteiger partial charge on any atom is -0.495 e. The molecule has 4 aromatic rings. The van der Waals surface area contributed by atoms with Crippen molar-refractivity contribution in [1.82, 2.24) is 14.3 Å². The van der Waals surface area contributed by atoms with E-state index in [9.17, 15) is 9.18 Å². The quantitative estimate of drug-likeness (QED) is 0.458. The number of carbonyl (C=O) groups is 1. The number of benzene rings is 2. The number of nitrogens with zero attached hydrogens (tertiary/aromatic N) is 3. The number of halogens is 2. The molecule has 0 bridgehead atoms. The SMILES string of the molecule is COc1cc(Cl)c(C)cc1NC(=O)c1c(C)nn(-c2ccc(F)cc2)c1-n1cccc1. The van der Waals surface area contributed by atoms with E-state index < -0.39 is 0 Å². The molecule has 8 heteroatoms. The van der Waals surface area contributed by atoms with Gasteiger partial charge in [0.1, 0.15) is 17.1 Å². The van der Waals surface area contributed by atoms with Crippen molar-refractivity contribution in [2.75, 3.05) is 12.4 Å². The van der Waals surface area contributed by atoms with E-state index >= 15 is 0 Å². The molecule has 31 heavy (non-hydrogen) atoms. The van der Waals surface area contributed by atoms with Crippen LogP contribution >= 0.6 is 11.6 Å². The second-order valence-corrected chi connectivity index (χ2v) is 7.43. The van der Waals surface area contributed by atoms with E-state index in [0.29, 0.717) is 39.2 Å². The first-order valence-corrected chi connectivity index (χ1v) is 9.91. The van der Waals surface area contributed by atoms with Gasteiger partial charge in [0.2, 0.25) is 0 Å². The summed E-state index contributed by atoms with van der Waals surface area (Å²) in [4.78, 5) is 13.4. The van der Waals surface area contributed by atoms with Gasteiger partial charge < -0.3 is 14.6 Å². The number of aryl methyl sites for hydroxylation is 2. The summed E-state index contributed by atoms with van der Waals surface area (Å²) in [6.07, 6.45) is 3.64. The summed E-state index contributed by atoms with van der Waals surface area (Å²) in [5.74, 6) is 0.291. The second-order valence-electron chi connectivity index (χ2n) is 7.02. The normalized spacial score (nSPS) is 10.9. The number of methoxy groups -OCH3 is 1. The first-order valence-electron chi connectivity index (χ1n) is 9.53. The van der Waals surface area contributed by atoms with Gasteiger partial charge in [-0.3, -0.25) is 4.79 Å². The van der Waals surface area contributed by atoms with Gasteiger partial charge in [0.25, 0.3) is 5.91 Å². The van der Waals surface area contributed by atoms with Gasteiger partial charge in [-0.1, -0.05) is 11.6 Å². The minimum atomic E-state index is -0.352. The van der Waals surface area contributed by atoms with E-state index in [0.717, 1.165) is 5.56 Å². The van der Waals surface area contributed by atoms with E-state index in [1.165, 1.54) is 19.2 Å². The topological polar surface area (TPSA) is 61.1 Å². The number of hydrogen-bond donors (Lipinski definition) is 1. The molecule has 158 valence electrons. The molecule has 0 radical (unpaired) electrons. The maximum absolute atomic E-state index is 13.4. The minimum absolute atomic E-state index is 0.349. The lowest BCUT2D eigenvalue weighted by Gasteiger charge is -2.14. The molecule has 0 atom stereocenters. The van der Waals surface area contributed by atoms with E-state index in [2.05, 4.69) is 10.4 Å². The van der Waals surface area contributed by atoms with Gasteiger partial charge in [-0.05, 0) is 61.9 Å². The van der Waals surface area contributed by atoms with Crippen LogP contribution in [0.15, 0.2) is 60.9 Å². The Morgan fingerprint density at radius 2 is 1.81 bits per heavy atom. The number of amides is 1.